The van der Waals surface area contributed by atoms with Gasteiger partial charge >= 0.3 is 5.97 Å². The highest BCUT2D eigenvalue weighted by atomic mass is 35.5. The molecule has 27 heavy (non-hydrogen) atoms. The first-order valence-electron chi connectivity index (χ1n) is 8.90. The van der Waals surface area contributed by atoms with Crippen LogP contribution in [-0.4, -0.2) is 30.1 Å². The Kier molecular flexibility index (Phi) is 8.58. The van der Waals surface area contributed by atoms with Gasteiger partial charge in [0.05, 0.1) is 12.7 Å². The van der Waals surface area contributed by atoms with E-state index in [1.165, 1.54) is 6.92 Å². The number of rotatable bonds is 9. The van der Waals surface area contributed by atoms with E-state index >= 15 is 0 Å². The standard InChI is InChI=1S/C20H27ClN2O4/c1-13(2)20(5,12-22)23-19(25)15(4)27-18(24)7-6-10-26-17-9-8-16(21)11-14(17)3/h8-9,11,13,15H,6-7,10H2,1-5H3,(H,23,25). The Morgan fingerprint density at radius 3 is 2.56 bits per heavy atom. The second kappa shape index (κ2) is 10.2. The molecule has 0 heterocycles. The van der Waals surface area contributed by atoms with Gasteiger partial charge in [0.1, 0.15) is 11.3 Å². The third kappa shape index (κ3) is 7.10. The molecule has 0 saturated carbocycles. The van der Waals surface area contributed by atoms with Crippen molar-refractivity contribution in [3.63, 3.8) is 0 Å². The molecule has 2 atom stereocenters. The molecule has 0 aromatic heterocycles. The second-order valence-corrected chi connectivity index (χ2v) is 7.39. The molecule has 0 radical (unpaired) electrons. The molecule has 148 valence electrons. The first kappa shape index (κ1) is 22.8. The topological polar surface area (TPSA) is 88.4 Å². The van der Waals surface area contributed by atoms with Crippen molar-refractivity contribution in [1.82, 2.24) is 5.32 Å². The fourth-order valence-electron chi connectivity index (χ4n) is 2.14. The van der Waals surface area contributed by atoms with Gasteiger partial charge in [-0.3, -0.25) is 9.59 Å². The van der Waals surface area contributed by atoms with E-state index in [0.29, 0.717) is 23.8 Å². The summed E-state index contributed by atoms with van der Waals surface area (Å²) in [4.78, 5) is 24.1. The van der Waals surface area contributed by atoms with E-state index in [0.717, 1.165) is 5.56 Å². The molecule has 1 aromatic carbocycles. The molecule has 7 heteroatoms. The normalized spacial score (nSPS) is 14.0. The second-order valence-electron chi connectivity index (χ2n) is 6.95. The van der Waals surface area contributed by atoms with E-state index in [1.807, 2.05) is 20.8 Å². The molecule has 0 aliphatic heterocycles. The first-order chi connectivity index (χ1) is 12.6. The largest absolute Gasteiger partial charge is 0.493 e. The molecule has 6 nitrogen and oxygen atoms in total. The molecule has 0 aliphatic rings. The quantitative estimate of drug-likeness (QED) is 0.508. The minimum atomic E-state index is -1.01. The lowest BCUT2D eigenvalue weighted by Crippen LogP contribution is -2.52. The van der Waals surface area contributed by atoms with E-state index in [-0.39, 0.29) is 12.3 Å². The number of amides is 1. The molecule has 1 N–H and O–H groups in total. The van der Waals surface area contributed by atoms with Crippen LogP contribution in [0.25, 0.3) is 0 Å². The van der Waals surface area contributed by atoms with Crippen LogP contribution in [0, 0.1) is 24.2 Å². The van der Waals surface area contributed by atoms with Gasteiger partial charge in [0.15, 0.2) is 6.10 Å². The zero-order valence-corrected chi connectivity index (χ0v) is 17.2. The van der Waals surface area contributed by atoms with E-state index in [4.69, 9.17) is 21.1 Å². The van der Waals surface area contributed by atoms with E-state index < -0.39 is 23.5 Å². The van der Waals surface area contributed by atoms with Crippen LogP contribution < -0.4 is 10.1 Å². The molecule has 0 saturated heterocycles. The Morgan fingerprint density at radius 2 is 2.00 bits per heavy atom. The third-order valence-corrected chi connectivity index (χ3v) is 4.60. The summed E-state index contributed by atoms with van der Waals surface area (Å²) in [6.45, 7) is 9.03. The van der Waals surface area contributed by atoms with Crippen LogP contribution in [0.1, 0.15) is 46.1 Å². The fraction of sp³-hybridized carbons (Fsp3) is 0.550. The number of ether oxygens (including phenoxy) is 2. The summed E-state index contributed by atoms with van der Waals surface area (Å²) in [6, 6.07) is 7.41. The van der Waals surface area contributed by atoms with Crippen molar-refractivity contribution in [3.8, 4) is 11.8 Å². The number of benzene rings is 1. The van der Waals surface area contributed by atoms with Gasteiger partial charge in [0.25, 0.3) is 5.91 Å². The van der Waals surface area contributed by atoms with Gasteiger partial charge in [-0.15, -0.1) is 0 Å². The van der Waals surface area contributed by atoms with Crippen molar-refractivity contribution in [1.29, 1.82) is 5.26 Å². The predicted molar refractivity (Wildman–Crippen MR) is 103 cm³/mol. The number of carbonyl (C=O) groups is 2. The van der Waals surface area contributed by atoms with Crippen LogP contribution in [0.2, 0.25) is 5.02 Å². The molecule has 2 unspecified atom stereocenters. The lowest BCUT2D eigenvalue weighted by Gasteiger charge is -2.28. The molecule has 0 aliphatic carbocycles. The SMILES string of the molecule is Cc1cc(Cl)ccc1OCCCC(=O)OC(C)C(=O)NC(C)(C#N)C(C)C. The van der Waals surface area contributed by atoms with Crippen LogP contribution in [0.15, 0.2) is 18.2 Å². The van der Waals surface area contributed by atoms with E-state index in [1.54, 1.807) is 25.1 Å². The van der Waals surface area contributed by atoms with E-state index in [9.17, 15) is 14.9 Å². The molecular weight excluding hydrogens is 368 g/mol. The maximum absolute atomic E-state index is 12.2. The smallest absolute Gasteiger partial charge is 0.306 e. The van der Waals surface area contributed by atoms with Gasteiger partial charge in [0.2, 0.25) is 0 Å². The highest BCUT2D eigenvalue weighted by Crippen LogP contribution is 2.22. The lowest BCUT2D eigenvalue weighted by atomic mass is 9.90. The van der Waals surface area contributed by atoms with Crippen molar-refractivity contribution in [2.75, 3.05) is 6.61 Å². The highest BCUT2D eigenvalue weighted by molar-refractivity contribution is 6.30. The summed E-state index contributed by atoms with van der Waals surface area (Å²) in [5, 5.41) is 12.5. The van der Waals surface area contributed by atoms with Gasteiger partial charge in [0, 0.05) is 11.4 Å². The Bertz CT molecular complexity index is 714. The Morgan fingerprint density at radius 1 is 1.33 bits per heavy atom. The van der Waals surface area contributed by atoms with Gasteiger partial charge in [-0.05, 0) is 56.9 Å². The van der Waals surface area contributed by atoms with Gasteiger partial charge in [-0.1, -0.05) is 25.4 Å². The summed E-state index contributed by atoms with van der Waals surface area (Å²) in [5.74, 6) is -0.348. The Labute approximate surface area is 165 Å². The monoisotopic (exact) mass is 394 g/mol. The minimum Gasteiger partial charge on any atom is -0.493 e. The number of hydrogen-bond acceptors (Lipinski definition) is 5. The number of hydrogen-bond donors (Lipinski definition) is 1. The molecular formula is C20H27ClN2O4. The Balaban J connectivity index is 2.39. The molecule has 1 amide bonds. The maximum atomic E-state index is 12.2. The van der Waals surface area contributed by atoms with Gasteiger partial charge in [-0.25, -0.2) is 0 Å². The Hall–Kier alpha value is -2.26. The van der Waals surface area contributed by atoms with Crippen molar-refractivity contribution >= 4 is 23.5 Å². The first-order valence-corrected chi connectivity index (χ1v) is 9.28. The summed E-state index contributed by atoms with van der Waals surface area (Å²) in [5.41, 5.74) is -0.0942. The van der Waals surface area contributed by atoms with Crippen molar-refractivity contribution in [2.45, 2.75) is 59.1 Å². The number of carbonyl (C=O) groups excluding carboxylic acids is 2. The maximum Gasteiger partial charge on any atom is 0.306 e. The van der Waals surface area contributed by atoms with Gasteiger partial charge in [-0.2, -0.15) is 5.26 Å². The van der Waals surface area contributed by atoms with Crippen molar-refractivity contribution in [3.05, 3.63) is 28.8 Å². The molecule has 0 bridgehead atoms. The van der Waals surface area contributed by atoms with Crippen LogP contribution in [0.5, 0.6) is 5.75 Å². The van der Waals surface area contributed by atoms with Crippen LogP contribution in [0.4, 0.5) is 0 Å². The number of nitrogens with one attached hydrogen (secondary N) is 1. The van der Waals surface area contributed by atoms with Crippen molar-refractivity contribution in [2.24, 2.45) is 5.92 Å². The summed E-state index contributed by atoms with van der Waals surface area (Å²) >= 11 is 5.89. The molecule has 0 spiro atoms. The molecule has 0 fully saturated rings. The summed E-state index contributed by atoms with van der Waals surface area (Å²) < 4.78 is 10.8. The molecule has 1 aromatic rings. The number of nitriles is 1. The van der Waals surface area contributed by atoms with Crippen LogP contribution in [0.3, 0.4) is 0 Å². The summed E-state index contributed by atoms with van der Waals surface area (Å²) in [6.07, 6.45) is -0.385. The highest BCUT2D eigenvalue weighted by Gasteiger charge is 2.32. The average molecular weight is 395 g/mol. The van der Waals surface area contributed by atoms with Crippen molar-refractivity contribution < 1.29 is 19.1 Å². The minimum absolute atomic E-state index is 0.0807. The third-order valence-electron chi connectivity index (χ3n) is 4.37. The summed E-state index contributed by atoms with van der Waals surface area (Å²) in [7, 11) is 0. The lowest BCUT2D eigenvalue weighted by molar-refractivity contribution is -0.155. The van der Waals surface area contributed by atoms with E-state index in [2.05, 4.69) is 11.4 Å². The number of nitrogens with zero attached hydrogens (tertiary/aromatic N) is 1. The number of aryl methyl sites for hydroxylation is 1. The van der Waals surface area contributed by atoms with Crippen LogP contribution >= 0.6 is 11.6 Å². The predicted octanol–water partition coefficient (Wildman–Crippen LogP) is 3.79. The number of halogens is 1. The fourth-order valence-corrected chi connectivity index (χ4v) is 2.37. The van der Waals surface area contributed by atoms with Crippen LogP contribution in [-0.2, 0) is 14.3 Å². The molecule has 1 rings (SSSR count). The van der Waals surface area contributed by atoms with Gasteiger partial charge < -0.3 is 14.8 Å². The zero-order chi connectivity index (χ0) is 20.6. The zero-order valence-electron chi connectivity index (χ0n) is 16.5. The average Bonchev–Trinajstić information content (AvgIpc) is 2.59. The number of esters is 1.